The van der Waals surface area contributed by atoms with E-state index in [0.717, 1.165) is 11.1 Å². The van der Waals surface area contributed by atoms with Gasteiger partial charge in [0.1, 0.15) is 0 Å². The normalized spacial score (nSPS) is 12.2. The Bertz CT molecular complexity index is 603. The van der Waals surface area contributed by atoms with E-state index in [0.29, 0.717) is 25.9 Å². The monoisotopic (exact) mass is 385 g/mol. The Morgan fingerprint density at radius 2 is 1.77 bits per heavy atom. The number of aliphatic imine (C=N–C) groups is 1. The number of primary amides is 1. The average Bonchev–Trinajstić information content (AvgIpc) is 2.56. The Hall–Kier alpha value is -2.52. The van der Waals surface area contributed by atoms with Gasteiger partial charge in [-0.15, -0.1) is 12.4 Å². The van der Waals surface area contributed by atoms with Crippen LogP contribution in [0.15, 0.2) is 29.3 Å². The number of nitrogens with two attached hydrogens (primary N) is 4. The van der Waals surface area contributed by atoms with Gasteiger partial charge in [0, 0.05) is 13.1 Å². The van der Waals surface area contributed by atoms with Crippen molar-refractivity contribution in [3.63, 3.8) is 0 Å². The van der Waals surface area contributed by atoms with Crippen molar-refractivity contribution in [3.8, 4) is 0 Å². The molecule has 10 N–H and O–H groups in total. The molecule has 0 aliphatic carbocycles. The van der Waals surface area contributed by atoms with Gasteiger partial charge in [-0.2, -0.15) is 0 Å². The second kappa shape index (κ2) is 11.9. The van der Waals surface area contributed by atoms with Crippen LogP contribution in [0, 0.1) is 0 Å². The van der Waals surface area contributed by atoms with Crippen LogP contribution in [0.1, 0.15) is 36.9 Å². The third-order valence-corrected chi connectivity index (χ3v) is 3.61. The van der Waals surface area contributed by atoms with Crippen molar-refractivity contribution < 1.29 is 9.59 Å². The largest absolute Gasteiger partial charge is 0.370 e. The maximum atomic E-state index is 12.1. The van der Waals surface area contributed by atoms with Crippen LogP contribution in [-0.2, 0) is 11.3 Å². The maximum absolute atomic E-state index is 12.1. The molecule has 0 aromatic heterocycles. The summed E-state index contributed by atoms with van der Waals surface area (Å²) in [6.07, 6.45) is 1.12. The summed E-state index contributed by atoms with van der Waals surface area (Å²) in [6, 6.07) is 6.12. The van der Waals surface area contributed by atoms with Crippen LogP contribution in [0.3, 0.4) is 0 Å². The van der Waals surface area contributed by atoms with E-state index >= 15 is 0 Å². The van der Waals surface area contributed by atoms with Gasteiger partial charge in [-0.05, 0) is 30.9 Å². The van der Waals surface area contributed by atoms with Crippen LogP contribution in [0.4, 0.5) is 4.79 Å². The zero-order chi connectivity index (χ0) is 18.8. The third kappa shape index (κ3) is 9.09. The quantitative estimate of drug-likeness (QED) is 0.196. The fourth-order valence-electron chi connectivity index (χ4n) is 2.17. The second-order valence-electron chi connectivity index (χ2n) is 5.74. The van der Waals surface area contributed by atoms with Crippen molar-refractivity contribution in [2.24, 2.45) is 27.9 Å². The molecule has 0 aliphatic heterocycles. The van der Waals surface area contributed by atoms with Crippen molar-refractivity contribution in [1.29, 1.82) is 0 Å². The maximum Gasteiger partial charge on any atom is 0.312 e. The van der Waals surface area contributed by atoms with E-state index in [4.69, 9.17) is 22.9 Å². The fraction of sp³-hybridized carbons (Fsp3) is 0.438. The molecule has 1 aromatic carbocycles. The predicted octanol–water partition coefficient (Wildman–Crippen LogP) is -0.165. The lowest BCUT2D eigenvalue weighted by Gasteiger charge is -2.18. The number of carbonyl (C=O) groups is 2. The van der Waals surface area contributed by atoms with Crippen LogP contribution in [-0.4, -0.2) is 30.5 Å². The lowest BCUT2D eigenvalue weighted by Crippen LogP contribution is -2.41. The van der Waals surface area contributed by atoms with Crippen LogP contribution in [0.25, 0.3) is 0 Å². The number of nitrogens with one attached hydrogen (secondary N) is 2. The smallest absolute Gasteiger partial charge is 0.312 e. The molecule has 0 saturated carbocycles. The molecule has 1 aromatic rings. The molecular formula is C16H28ClN7O2. The molecular weight excluding hydrogens is 358 g/mol. The molecule has 0 spiro atoms. The minimum atomic E-state index is -0.615. The highest BCUT2D eigenvalue weighted by Gasteiger charge is 2.16. The molecule has 2 atom stereocenters. The summed E-state index contributed by atoms with van der Waals surface area (Å²) in [7, 11) is 0. The van der Waals surface area contributed by atoms with Gasteiger partial charge in [0.05, 0.1) is 12.1 Å². The zero-order valence-corrected chi connectivity index (χ0v) is 15.6. The molecule has 9 nitrogen and oxygen atoms in total. The van der Waals surface area contributed by atoms with Gasteiger partial charge in [-0.1, -0.05) is 24.3 Å². The number of nitrogens with zero attached hydrogens (tertiary/aromatic N) is 1. The van der Waals surface area contributed by atoms with Crippen LogP contribution in [0.2, 0.25) is 0 Å². The van der Waals surface area contributed by atoms with Crippen molar-refractivity contribution >= 4 is 30.3 Å². The minimum absolute atomic E-state index is 0. The summed E-state index contributed by atoms with van der Waals surface area (Å²) >= 11 is 0. The summed E-state index contributed by atoms with van der Waals surface area (Å²) in [6.45, 7) is 2.68. The predicted molar refractivity (Wildman–Crippen MR) is 105 cm³/mol. The van der Waals surface area contributed by atoms with Gasteiger partial charge in [0.15, 0.2) is 5.96 Å². The zero-order valence-electron chi connectivity index (χ0n) is 14.8. The minimum Gasteiger partial charge on any atom is -0.370 e. The lowest BCUT2D eigenvalue weighted by atomic mass is 10.0. The van der Waals surface area contributed by atoms with E-state index in [1.165, 1.54) is 0 Å². The van der Waals surface area contributed by atoms with Crippen LogP contribution >= 0.6 is 12.4 Å². The Morgan fingerprint density at radius 1 is 1.15 bits per heavy atom. The van der Waals surface area contributed by atoms with E-state index < -0.39 is 12.1 Å². The summed E-state index contributed by atoms with van der Waals surface area (Å²) in [5.41, 5.74) is 23.2. The SMILES string of the molecule is CC(NC(=O)[C@@H](N)CCCN=C(N)N)c1ccc(CNC(N)=O)cc1.Cl. The first kappa shape index (κ1) is 23.5. The van der Waals surface area contributed by atoms with Crippen molar-refractivity contribution in [1.82, 2.24) is 10.6 Å². The highest BCUT2D eigenvalue weighted by molar-refractivity contribution is 5.85. The Labute approximate surface area is 159 Å². The topological polar surface area (TPSA) is 175 Å². The standard InChI is InChI=1S/C16H27N7O2.ClH/c1-10(12-6-4-11(5-7-12)9-22-16(20)25)23-14(24)13(17)3-2-8-21-15(18)19;/h4-7,10,13H,2-3,8-9,17H2,1H3,(H,23,24)(H4,18,19,21)(H3,20,22,25);1H/t10?,13-;/m0./s1. The summed E-state index contributed by atoms with van der Waals surface area (Å²) in [5, 5.41) is 5.39. The first-order valence-corrected chi connectivity index (χ1v) is 8.03. The number of benzene rings is 1. The number of hydrogen-bond acceptors (Lipinski definition) is 4. The van der Waals surface area contributed by atoms with E-state index in [1.807, 2.05) is 31.2 Å². The van der Waals surface area contributed by atoms with E-state index in [1.54, 1.807) is 0 Å². The molecule has 146 valence electrons. The van der Waals surface area contributed by atoms with Crippen molar-refractivity contribution in [2.75, 3.05) is 6.54 Å². The first-order valence-electron chi connectivity index (χ1n) is 8.03. The average molecular weight is 386 g/mol. The number of urea groups is 1. The summed E-state index contributed by atoms with van der Waals surface area (Å²) in [5.74, 6) is -0.196. The van der Waals surface area contributed by atoms with E-state index in [2.05, 4.69) is 15.6 Å². The molecule has 1 unspecified atom stereocenters. The number of halogens is 1. The van der Waals surface area contributed by atoms with Crippen LogP contribution < -0.4 is 33.6 Å². The fourth-order valence-corrected chi connectivity index (χ4v) is 2.17. The summed E-state index contributed by atoms with van der Waals surface area (Å²) in [4.78, 5) is 26.7. The van der Waals surface area contributed by atoms with E-state index in [-0.39, 0.29) is 30.3 Å². The molecule has 1 rings (SSSR count). The van der Waals surface area contributed by atoms with Gasteiger partial charge in [-0.3, -0.25) is 9.79 Å². The molecule has 10 heteroatoms. The van der Waals surface area contributed by atoms with Crippen molar-refractivity contribution in [2.45, 2.75) is 38.4 Å². The molecule has 3 amide bonds. The Morgan fingerprint density at radius 3 is 2.31 bits per heavy atom. The number of rotatable bonds is 9. The highest BCUT2D eigenvalue weighted by Crippen LogP contribution is 2.14. The lowest BCUT2D eigenvalue weighted by molar-refractivity contribution is -0.123. The highest BCUT2D eigenvalue weighted by atomic mass is 35.5. The molecule has 0 radical (unpaired) electrons. The number of guanidine groups is 1. The Balaban J connectivity index is 0.00000625. The second-order valence-corrected chi connectivity index (χ2v) is 5.74. The molecule has 0 heterocycles. The van der Waals surface area contributed by atoms with Crippen LogP contribution in [0.5, 0.6) is 0 Å². The number of hydrogen-bond donors (Lipinski definition) is 6. The number of amides is 3. The van der Waals surface area contributed by atoms with Crippen molar-refractivity contribution in [3.05, 3.63) is 35.4 Å². The van der Waals surface area contributed by atoms with Gasteiger partial charge in [0.25, 0.3) is 0 Å². The van der Waals surface area contributed by atoms with Gasteiger partial charge >= 0.3 is 6.03 Å². The molecule has 0 bridgehead atoms. The first-order chi connectivity index (χ1) is 11.8. The van der Waals surface area contributed by atoms with Gasteiger partial charge in [-0.25, -0.2) is 4.79 Å². The molecule has 26 heavy (non-hydrogen) atoms. The molecule has 0 fully saturated rings. The van der Waals surface area contributed by atoms with Gasteiger partial charge < -0.3 is 33.6 Å². The Kier molecular flexibility index (Phi) is 10.8. The summed E-state index contributed by atoms with van der Waals surface area (Å²) < 4.78 is 0. The third-order valence-electron chi connectivity index (χ3n) is 3.61. The molecule has 0 aliphatic rings. The van der Waals surface area contributed by atoms with Gasteiger partial charge in [0.2, 0.25) is 5.91 Å². The molecule has 0 saturated heterocycles. The van der Waals surface area contributed by atoms with E-state index in [9.17, 15) is 9.59 Å². The number of carbonyl (C=O) groups excluding carboxylic acids is 2.